The molecule has 1 aromatic heterocycles. The molecule has 1 aliphatic rings. The summed E-state index contributed by atoms with van der Waals surface area (Å²) < 4.78 is 27.6. The Morgan fingerprint density at radius 3 is 2.23 bits per heavy atom. The second-order valence-corrected chi connectivity index (χ2v) is 9.84. The molecule has 44 heavy (non-hydrogen) atoms. The van der Waals surface area contributed by atoms with Gasteiger partial charge in [-0.3, -0.25) is 4.79 Å². The molecule has 0 radical (unpaired) electrons. The fraction of sp³-hybridized carbons (Fsp3) is 0.226. The van der Waals surface area contributed by atoms with Crippen molar-refractivity contribution in [2.75, 3.05) is 13.7 Å². The molecule has 0 spiro atoms. The minimum absolute atomic E-state index is 0.0550. The Hall–Kier alpha value is -5.08. The van der Waals surface area contributed by atoms with Crippen molar-refractivity contribution in [3.8, 4) is 40.1 Å². The predicted octanol–water partition coefficient (Wildman–Crippen LogP) is 2.03. The lowest BCUT2D eigenvalue weighted by Gasteiger charge is -2.39. The number of methoxy groups -OCH3 is 1. The SMILES string of the molecule is COc1cc(O)c2c(=O)c(O[C@@H]3OC(COC(=O)/C=C/c4ccc(O)cc4)[C@@H](O)C(O)C3O)c(-c3ccc(O)cc3)oc2c1. The molecule has 13 nitrogen and oxygen atoms in total. The minimum Gasteiger partial charge on any atom is -0.508 e. The third kappa shape index (κ3) is 6.31. The van der Waals surface area contributed by atoms with Crippen LogP contribution < -0.4 is 14.9 Å². The van der Waals surface area contributed by atoms with E-state index >= 15 is 0 Å². The van der Waals surface area contributed by atoms with Gasteiger partial charge in [0, 0.05) is 23.8 Å². The van der Waals surface area contributed by atoms with Crippen LogP contribution in [0.25, 0.3) is 28.4 Å². The summed E-state index contributed by atoms with van der Waals surface area (Å²) >= 11 is 0. The molecule has 1 saturated heterocycles. The number of hydrogen-bond donors (Lipinski definition) is 6. The number of aliphatic hydroxyl groups excluding tert-OH is 3. The second kappa shape index (κ2) is 12.7. The van der Waals surface area contributed by atoms with Gasteiger partial charge < -0.3 is 54.0 Å². The summed E-state index contributed by atoms with van der Waals surface area (Å²) in [5.41, 5.74) is -0.0686. The number of carbonyl (C=O) groups is 1. The Bertz CT molecular complexity index is 1730. The van der Waals surface area contributed by atoms with Crippen LogP contribution in [0.5, 0.6) is 28.7 Å². The van der Waals surface area contributed by atoms with Crippen LogP contribution in [0.1, 0.15) is 5.56 Å². The van der Waals surface area contributed by atoms with E-state index in [1.807, 2.05) is 0 Å². The molecule has 5 atom stereocenters. The molecule has 4 aromatic rings. The largest absolute Gasteiger partial charge is 0.508 e. The number of ether oxygens (including phenoxy) is 4. The average molecular weight is 609 g/mol. The first kappa shape index (κ1) is 30.4. The topological polar surface area (TPSA) is 206 Å². The van der Waals surface area contributed by atoms with Crippen LogP contribution in [-0.2, 0) is 14.3 Å². The van der Waals surface area contributed by atoms with Crippen LogP contribution in [0.2, 0.25) is 0 Å². The summed E-state index contributed by atoms with van der Waals surface area (Å²) in [6.45, 7) is -0.568. The van der Waals surface area contributed by atoms with Crippen LogP contribution in [0.3, 0.4) is 0 Å². The van der Waals surface area contributed by atoms with Crippen LogP contribution in [0.15, 0.2) is 76.0 Å². The molecule has 3 unspecified atom stereocenters. The summed E-state index contributed by atoms with van der Waals surface area (Å²) in [5, 5.41) is 61.1. The Kier molecular flexibility index (Phi) is 8.73. The van der Waals surface area contributed by atoms with Crippen molar-refractivity contribution in [2.24, 2.45) is 0 Å². The lowest BCUT2D eigenvalue weighted by molar-refractivity contribution is -0.278. The first-order valence-corrected chi connectivity index (χ1v) is 13.2. The van der Waals surface area contributed by atoms with Crippen molar-refractivity contribution < 1.29 is 58.8 Å². The Balaban J connectivity index is 1.43. The number of carbonyl (C=O) groups excluding carboxylic acids is 1. The van der Waals surface area contributed by atoms with Crippen LogP contribution in [-0.4, -0.2) is 81.0 Å². The smallest absolute Gasteiger partial charge is 0.330 e. The number of esters is 1. The number of benzene rings is 3. The van der Waals surface area contributed by atoms with Crippen molar-refractivity contribution in [1.82, 2.24) is 0 Å². The maximum Gasteiger partial charge on any atom is 0.330 e. The Morgan fingerprint density at radius 2 is 1.57 bits per heavy atom. The molecule has 2 heterocycles. The molecule has 0 bridgehead atoms. The number of rotatable bonds is 8. The third-order valence-electron chi connectivity index (χ3n) is 6.87. The first-order valence-electron chi connectivity index (χ1n) is 13.2. The highest BCUT2D eigenvalue weighted by Gasteiger charge is 2.46. The van der Waals surface area contributed by atoms with Gasteiger partial charge in [-0.1, -0.05) is 12.1 Å². The summed E-state index contributed by atoms with van der Waals surface area (Å²) in [6.07, 6.45) is -6.06. The predicted molar refractivity (Wildman–Crippen MR) is 153 cm³/mol. The van der Waals surface area contributed by atoms with E-state index in [1.54, 1.807) is 12.1 Å². The molecule has 0 amide bonds. The molecule has 1 fully saturated rings. The fourth-order valence-electron chi connectivity index (χ4n) is 4.52. The van der Waals surface area contributed by atoms with E-state index in [2.05, 4.69) is 0 Å². The average Bonchev–Trinajstić information content (AvgIpc) is 3.01. The Morgan fingerprint density at radius 1 is 0.909 bits per heavy atom. The number of phenols is 3. The number of aliphatic hydroxyl groups is 3. The highest BCUT2D eigenvalue weighted by molar-refractivity contribution is 5.88. The minimum atomic E-state index is -1.88. The molecule has 5 rings (SSSR count). The lowest BCUT2D eigenvalue weighted by Crippen LogP contribution is -2.60. The molecule has 0 saturated carbocycles. The van der Waals surface area contributed by atoms with E-state index in [0.29, 0.717) is 5.56 Å². The highest BCUT2D eigenvalue weighted by atomic mass is 16.7. The molecule has 1 aliphatic heterocycles. The maximum absolute atomic E-state index is 13.7. The van der Waals surface area contributed by atoms with Gasteiger partial charge in [-0.15, -0.1) is 0 Å². The first-order chi connectivity index (χ1) is 21.0. The van der Waals surface area contributed by atoms with E-state index in [1.165, 1.54) is 61.7 Å². The van der Waals surface area contributed by atoms with Crippen molar-refractivity contribution in [3.05, 3.63) is 82.5 Å². The summed E-state index contributed by atoms with van der Waals surface area (Å²) in [5.74, 6) is -1.82. The molecule has 3 aromatic carbocycles. The van der Waals surface area contributed by atoms with Gasteiger partial charge in [0.05, 0.1) is 7.11 Å². The molecular formula is C31H28O13. The normalized spacial score (nSPS) is 21.8. The van der Waals surface area contributed by atoms with E-state index in [0.717, 1.165) is 6.08 Å². The van der Waals surface area contributed by atoms with E-state index in [9.17, 15) is 40.2 Å². The van der Waals surface area contributed by atoms with Gasteiger partial charge in [-0.2, -0.15) is 0 Å². The molecule has 6 N–H and O–H groups in total. The summed E-state index contributed by atoms with van der Waals surface area (Å²) in [6, 6.07) is 14.1. The van der Waals surface area contributed by atoms with Gasteiger partial charge in [0.1, 0.15) is 65.0 Å². The van der Waals surface area contributed by atoms with Crippen molar-refractivity contribution in [2.45, 2.75) is 30.7 Å². The molecular weight excluding hydrogens is 580 g/mol. The number of fused-ring (bicyclic) bond motifs is 1. The monoisotopic (exact) mass is 608 g/mol. The van der Waals surface area contributed by atoms with E-state index < -0.39 is 60.2 Å². The second-order valence-electron chi connectivity index (χ2n) is 9.84. The van der Waals surface area contributed by atoms with E-state index in [4.69, 9.17) is 23.4 Å². The quantitative estimate of drug-likeness (QED) is 0.125. The number of phenolic OH excluding ortho intramolecular Hbond substituents is 3. The number of hydrogen-bond acceptors (Lipinski definition) is 13. The fourth-order valence-corrected chi connectivity index (χ4v) is 4.52. The zero-order valence-electron chi connectivity index (χ0n) is 23.1. The Labute approximate surface area is 249 Å². The lowest BCUT2D eigenvalue weighted by atomic mass is 9.99. The third-order valence-corrected chi connectivity index (χ3v) is 6.87. The van der Waals surface area contributed by atoms with Gasteiger partial charge in [0.15, 0.2) is 5.76 Å². The van der Waals surface area contributed by atoms with E-state index in [-0.39, 0.29) is 39.5 Å². The highest BCUT2D eigenvalue weighted by Crippen LogP contribution is 2.37. The van der Waals surface area contributed by atoms with Gasteiger partial charge in [-0.25, -0.2) is 4.79 Å². The molecule has 0 aliphatic carbocycles. The van der Waals surface area contributed by atoms with Crippen LogP contribution in [0, 0.1) is 0 Å². The van der Waals surface area contributed by atoms with Gasteiger partial charge in [0.2, 0.25) is 17.5 Å². The maximum atomic E-state index is 13.7. The van der Waals surface area contributed by atoms with Crippen molar-refractivity contribution in [1.29, 1.82) is 0 Å². The molecule has 13 heteroatoms. The van der Waals surface area contributed by atoms with Crippen molar-refractivity contribution >= 4 is 23.0 Å². The standard InChI is InChI=1S/C31H28O13/c1-40-19-12-20(34)24-21(13-19)42-29(16-5-9-18(33)10-6-16)30(26(24)37)44-31-28(39)27(38)25(36)22(43-31)14-41-23(35)11-4-15-2-7-17(32)8-3-15/h2-13,22,25,27-28,31-34,36,38-39H,14H2,1H3/b11-4+/t22?,25-,27?,28?,31+/m1/s1. The number of aromatic hydroxyl groups is 3. The van der Waals surface area contributed by atoms with Crippen molar-refractivity contribution in [3.63, 3.8) is 0 Å². The summed E-state index contributed by atoms with van der Waals surface area (Å²) in [7, 11) is 1.36. The zero-order valence-corrected chi connectivity index (χ0v) is 23.1. The van der Waals surface area contributed by atoms with Gasteiger partial charge in [0.25, 0.3) is 0 Å². The summed E-state index contributed by atoms with van der Waals surface area (Å²) in [4.78, 5) is 25.9. The van der Waals surface area contributed by atoms with Crippen LogP contribution in [0.4, 0.5) is 0 Å². The van der Waals surface area contributed by atoms with Crippen LogP contribution >= 0.6 is 0 Å². The zero-order chi connectivity index (χ0) is 31.5. The molecule has 230 valence electrons. The van der Waals surface area contributed by atoms with Gasteiger partial charge in [-0.05, 0) is 48.0 Å². The van der Waals surface area contributed by atoms with Gasteiger partial charge >= 0.3 is 5.97 Å².